The summed E-state index contributed by atoms with van der Waals surface area (Å²) in [5, 5.41) is 7.41. The van der Waals surface area contributed by atoms with Crippen LogP contribution in [0.2, 0.25) is 0 Å². The van der Waals surface area contributed by atoms with Crippen LogP contribution < -0.4 is 31.8 Å². The van der Waals surface area contributed by atoms with Gasteiger partial charge >= 0.3 is 0 Å². The van der Waals surface area contributed by atoms with Crippen molar-refractivity contribution in [3.63, 3.8) is 0 Å². The topological polar surface area (TPSA) is 24.7 Å². The van der Waals surface area contributed by atoms with E-state index in [2.05, 4.69) is 231 Å². The van der Waals surface area contributed by atoms with Gasteiger partial charge in [-0.15, -0.1) is 0 Å². The minimum absolute atomic E-state index is 0.771. The summed E-state index contributed by atoms with van der Waals surface area (Å²) in [6.45, 7) is 0. The van der Waals surface area contributed by atoms with Crippen molar-refractivity contribution < 1.29 is 0 Å². The molecule has 0 atom stereocenters. The molecule has 0 fully saturated rings. The molecule has 0 aliphatic carbocycles. The van der Waals surface area contributed by atoms with Gasteiger partial charge in [0.1, 0.15) is 0 Å². The molecular weight excluding hydrogens is 679 g/mol. The maximum atomic E-state index is 5.77. The summed E-state index contributed by atoms with van der Waals surface area (Å²) in [5.41, 5.74) is 4.39. The van der Waals surface area contributed by atoms with Gasteiger partial charge in [-0.05, 0) is 41.8 Å². The molecule has 0 spiro atoms. The molecule has 0 radical (unpaired) electrons. The molecule has 0 bridgehead atoms. The molecule has 0 saturated carbocycles. The third kappa shape index (κ3) is 7.18. The fourth-order valence-corrected chi connectivity index (χ4v) is 14.2. The maximum absolute atomic E-state index is 5.77. The van der Waals surface area contributed by atoms with Crippen molar-refractivity contribution in [1.82, 2.24) is 0 Å². The smallest absolute Gasteiger partial charge is 0.0628 e. The zero-order chi connectivity index (χ0) is 35.8. The maximum Gasteiger partial charge on any atom is 0.0628 e. The Hall–Kier alpha value is -5.78. The molecule has 2 nitrogen and oxygen atoms in total. The lowest BCUT2D eigenvalue weighted by Gasteiger charge is -2.27. The Labute approximate surface area is 313 Å². The standard InChI is InChI=1S/C49H40N2P2/c1-7-25-44(26-8-1)52(45-27-9-2-10-28-45,46-29-11-3-12-30-46)50-42-23-19-21-40(38-42)37-41-22-20-24-43(39-41)51-53(47-31-13-4-14-32-47,48-33-15-5-16-34-48)49-35-17-6-18-36-49/h1-36,38-39H,37H2. The molecule has 0 aliphatic rings. The monoisotopic (exact) mass is 718 g/mol. The highest BCUT2D eigenvalue weighted by molar-refractivity contribution is 7.88. The fourth-order valence-electron chi connectivity index (χ4n) is 7.14. The SMILES string of the molecule is c1ccc(P(=Nc2cccc(Cc3cccc(N=P(c4ccccc4)(c4ccccc4)c4ccccc4)c3)c2)(c2ccccc2)c2ccccc2)cc1. The molecule has 4 heteroatoms. The highest BCUT2D eigenvalue weighted by Crippen LogP contribution is 2.50. The predicted molar refractivity (Wildman–Crippen MR) is 230 cm³/mol. The Morgan fingerprint density at radius 1 is 0.264 bits per heavy atom. The molecule has 0 amide bonds. The van der Waals surface area contributed by atoms with Gasteiger partial charge in [-0.3, -0.25) is 9.49 Å². The van der Waals surface area contributed by atoms with Crippen LogP contribution in [0.25, 0.3) is 0 Å². The van der Waals surface area contributed by atoms with Crippen molar-refractivity contribution in [1.29, 1.82) is 0 Å². The summed E-state index contributed by atoms with van der Waals surface area (Å²) < 4.78 is 11.5. The van der Waals surface area contributed by atoms with E-state index in [4.69, 9.17) is 9.49 Å². The van der Waals surface area contributed by atoms with E-state index in [1.165, 1.54) is 43.0 Å². The Kier molecular flexibility index (Phi) is 10.3. The minimum Gasteiger partial charge on any atom is -0.254 e. The number of hydrogen-bond acceptors (Lipinski definition) is 2. The summed E-state index contributed by atoms with van der Waals surface area (Å²) >= 11 is 0. The number of hydrogen-bond donors (Lipinski definition) is 0. The van der Waals surface area contributed by atoms with Gasteiger partial charge in [-0.2, -0.15) is 0 Å². The Bertz CT molecular complexity index is 2130. The number of rotatable bonds is 10. The molecule has 0 unspecified atom stereocenters. The molecule has 0 aromatic heterocycles. The first-order valence-electron chi connectivity index (χ1n) is 18.0. The molecule has 256 valence electrons. The van der Waals surface area contributed by atoms with Crippen molar-refractivity contribution in [2.45, 2.75) is 6.42 Å². The van der Waals surface area contributed by atoms with E-state index in [-0.39, 0.29) is 0 Å². The second kappa shape index (κ2) is 15.9. The van der Waals surface area contributed by atoms with Gasteiger partial charge in [0.2, 0.25) is 0 Å². The first kappa shape index (κ1) is 34.3. The molecule has 0 heterocycles. The Balaban J connectivity index is 1.24. The first-order valence-corrected chi connectivity index (χ1v) is 21.5. The number of nitrogens with zero attached hydrogens (tertiary/aromatic N) is 2. The average molecular weight is 719 g/mol. The molecular formula is C49H40N2P2. The third-order valence-corrected chi connectivity index (χ3v) is 16.9. The van der Waals surface area contributed by atoms with E-state index in [0.717, 1.165) is 17.8 Å². The van der Waals surface area contributed by atoms with E-state index in [1.807, 2.05) is 0 Å². The Morgan fingerprint density at radius 2 is 0.509 bits per heavy atom. The Morgan fingerprint density at radius 3 is 0.755 bits per heavy atom. The van der Waals surface area contributed by atoms with Crippen LogP contribution in [0.3, 0.4) is 0 Å². The molecule has 8 aromatic carbocycles. The zero-order valence-electron chi connectivity index (χ0n) is 29.4. The van der Waals surface area contributed by atoms with Gasteiger partial charge in [-0.25, -0.2) is 0 Å². The second-order valence-electron chi connectivity index (χ2n) is 13.0. The van der Waals surface area contributed by atoms with Gasteiger partial charge in [0, 0.05) is 31.8 Å². The van der Waals surface area contributed by atoms with Crippen LogP contribution in [0, 0.1) is 0 Å². The van der Waals surface area contributed by atoms with E-state index in [1.54, 1.807) is 0 Å². The highest BCUT2D eigenvalue weighted by Gasteiger charge is 2.28. The summed E-state index contributed by atoms with van der Waals surface area (Å²) in [6, 6.07) is 82.4. The normalized spacial score (nSPS) is 11.5. The predicted octanol–water partition coefficient (Wildman–Crippen LogP) is 10.9. The summed E-state index contributed by atoms with van der Waals surface area (Å²) in [4.78, 5) is 0. The van der Waals surface area contributed by atoms with Gasteiger partial charge in [0.05, 0.1) is 25.5 Å². The van der Waals surface area contributed by atoms with Crippen molar-refractivity contribution in [2.24, 2.45) is 9.49 Å². The molecule has 8 aromatic rings. The second-order valence-corrected chi connectivity index (χ2v) is 19.0. The van der Waals surface area contributed by atoms with Crippen LogP contribution in [0.1, 0.15) is 11.1 Å². The van der Waals surface area contributed by atoms with Crippen molar-refractivity contribution in [3.05, 3.63) is 242 Å². The highest BCUT2D eigenvalue weighted by atomic mass is 31.2. The van der Waals surface area contributed by atoms with Gasteiger partial charge in [0.15, 0.2) is 0 Å². The van der Waals surface area contributed by atoms with Crippen LogP contribution in [0.15, 0.2) is 240 Å². The molecule has 53 heavy (non-hydrogen) atoms. The quantitative estimate of drug-likeness (QED) is 0.126. The lowest BCUT2D eigenvalue weighted by Crippen LogP contribution is -2.25. The van der Waals surface area contributed by atoms with Crippen molar-refractivity contribution >= 4 is 57.3 Å². The zero-order valence-corrected chi connectivity index (χ0v) is 31.2. The van der Waals surface area contributed by atoms with Crippen LogP contribution in [-0.2, 0) is 6.42 Å². The van der Waals surface area contributed by atoms with E-state index in [0.29, 0.717) is 0 Å². The third-order valence-electron chi connectivity index (χ3n) is 9.54. The average Bonchev–Trinajstić information content (AvgIpc) is 3.24. The number of benzene rings is 8. The summed E-state index contributed by atoms with van der Waals surface area (Å²) in [6.07, 6.45) is 0.771. The minimum atomic E-state index is -2.38. The first-order chi connectivity index (χ1) is 26.2. The van der Waals surface area contributed by atoms with E-state index < -0.39 is 14.1 Å². The van der Waals surface area contributed by atoms with Crippen LogP contribution in [0.4, 0.5) is 11.4 Å². The summed E-state index contributed by atoms with van der Waals surface area (Å²) in [7, 11) is -4.77. The molecule has 0 N–H and O–H groups in total. The lowest BCUT2D eigenvalue weighted by molar-refractivity contribution is 1.19. The molecule has 0 saturated heterocycles. The molecule has 8 rings (SSSR count). The largest absolute Gasteiger partial charge is 0.254 e. The van der Waals surface area contributed by atoms with Gasteiger partial charge in [0.25, 0.3) is 0 Å². The van der Waals surface area contributed by atoms with Crippen LogP contribution in [-0.4, -0.2) is 0 Å². The van der Waals surface area contributed by atoms with Crippen LogP contribution >= 0.6 is 14.1 Å². The van der Waals surface area contributed by atoms with Crippen LogP contribution in [0.5, 0.6) is 0 Å². The van der Waals surface area contributed by atoms with Gasteiger partial charge < -0.3 is 0 Å². The van der Waals surface area contributed by atoms with Gasteiger partial charge in [-0.1, -0.05) is 206 Å². The van der Waals surface area contributed by atoms with E-state index >= 15 is 0 Å². The molecule has 0 aliphatic heterocycles. The lowest BCUT2D eigenvalue weighted by atomic mass is 10.0. The fraction of sp³-hybridized carbons (Fsp3) is 0.0204. The van der Waals surface area contributed by atoms with E-state index in [9.17, 15) is 0 Å². The van der Waals surface area contributed by atoms with Crippen molar-refractivity contribution in [3.8, 4) is 0 Å². The van der Waals surface area contributed by atoms with Crippen molar-refractivity contribution in [2.75, 3.05) is 0 Å². The summed E-state index contributed by atoms with van der Waals surface area (Å²) in [5.74, 6) is 0.